The van der Waals surface area contributed by atoms with Crippen LogP contribution in [-0.4, -0.2) is 90.0 Å². The molecule has 2 aliphatic heterocycles. The maximum absolute atomic E-state index is 11.6. The van der Waals surface area contributed by atoms with E-state index in [4.69, 9.17) is 19.4 Å². The standard InChI is InChI=1S/C16H25N3O4S.C2HF3O2/c1-3-24(20,21)9-7-19-11-16(12-19)10-14(5-8-22-16)23-15-17-6-4-13(2)18-15;3-2(4,5)1(6)7/h4,6,14H,3,5,7-12H2,1-2H3;(H,6,7). The second kappa shape index (κ2) is 10.1. The van der Waals surface area contributed by atoms with Gasteiger partial charge in [-0.3, -0.25) is 4.90 Å². The predicted octanol–water partition coefficient (Wildman–Crippen LogP) is 1.47. The van der Waals surface area contributed by atoms with Gasteiger partial charge in [0.1, 0.15) is 6.10 Å². The summed E-state index contributed by atoms with van der Waals surface area (Å²) in [6.07, 6.45) is -1.72. The lowest BCUT2D eigenvalue weighted by molar-refractivity contribution is -0.192. The maximum Gasteiger partial charge on any atom is 0.490 e. The van der Waals surface area contributed by atoms with Gasteiger partial charge < -0.3 is 14.6 Å². The number of aryl methyl sites for hydroxylation is 1. The third-order valence-electron chi connectivity index (χ3n) is 4.92. The van der Waals surface area contributed by atoms with Gasteiger partial charge in [-0.25, -0.2) is 23.2 Å². The normalized spacial score (nSPS) is 21.0. The molecule has 1 aromatic rings. The Morgan fingerprint density at radius 1 is 1.42 bits per heavy atom. The van der Waals surface area contributed by atoms with Crippen LogP contribution in [0.15, 0.2) is 12.3 Å². The lowest BCUT2D eigenvalue weighted by Gasteiger charge is -2.53. The van der Waals surface area contributed by atoms with Crippen LogP contribution in [0.1, 0.15) is 25.5 Å². The Kier molecular flexibility index (Phi) is 8.22. The van der Waals surface area contributed by atoms with Crippen molar-refractivity contribution in [1.82, 2.24) is 14.9 Å². The van der Waals surface area contributed by atoms with Gasteiger partial charge in [0.25, 0.3) is 0 Å². The van der Waals surface area contributed by atoms with Crippen molar-refractivity contribution in [3.8, 4) is 6.01 Å². The van der Waals surface area contributed by atoms with Crippen molar-refractivity contribution in [3.63, 3.8) is 0 Å². The summed E-state index contributed by atoms with van der Waals surface area (Å²) in [5.74, 6) is -2.33. The van der Waals surface area contributed by atoms with Gasteiger partial charge in [-0.15, -0.1) is 0 Å². The van der Waals surface area contributed by atoms with E-state index in [2.05, 4.69) is 14.9 Å². The lowest BCUT2D eigenvalue weighted by atomic mass is 9.85. The number of hydrogen-bond acceptors (Lipinski definition) is 8. The summed E-state index contributed by atoms with van der Waals surface area (Å²) in [6, 6.07) is 2.26. The summed E-state index contributed by atoms with van der Waals surface area (Å²) in [6.45, 7) is 6.35. The summed E-state index contributed by atoms with van der Waals surface area (Å²) in [7, 11) is -2.91. The maximum atomic E-state index is 11.6. The van der Waals surface area contributed by atoms with Gasteiger partial charge in [0.15, 0.2) is 9.84 Å². The Bertz CT molecular complexity index is 859. The summed E-state index contributed by atoms with van der Waals surface area (Å²) >= 11 is 0. The molecule has 2 fully saturated rings. The molecule has 9 nitrogen and oxygen atoms in total. The number of halogens is 3. The zero-order valence-corrected chi connectivity index (χ0v) is 18.1. The van der Waals surface area contributed by atoms with E-state index in [1.165, 1.54) is 0 Å². The Balaban J connectivity index is 0.000000423. The molecule has 0 saturated carbocycles. The molecule has 0 aromatic carbocycles. The molecule has 31 heavy (non-hydrogen) atoms. The number of alkyl halides is 3. The Morgan fingerprint density at radius 2 is 2.06 bits per heavy atom. The highest BCUT2D eigenvalue weighted by Crippen LogP contribution is 2.35. The molecule has 3 heterocycles. The van der Waals surface area contributed by atoms with Crippen LogP contribution >= 0.6 is 0 Å². The first-order valence-corrected chi connectivity index (χ1v) is 11.5. The summed E-state index contributed by atoms with van der Waals surface area (Å²) < 4.78 is 66.8. The van der Waals surface area contributed by atoms with Gasteiger partial charge in [-0.1, -0.05) is 6.92 Å². The molecule has 1 unspecified atom stereocenters. The first-order valence-electron chi connectivity index (χ1n) is 9.67. The van der Waals surface area contributed by atoms with Crippen LogP contribution in [0.3, 0.4) is 0 Å². The number of carboxylic acid groups (broad SMARTS) is 1. The van der Waals surface area contributed by atoms with E-state index in [1.807, 2.05) is 13.0 Å². The van der Waals surface area contributed by atoms with E-state index in [0.717, 1.165) is 31.6 Å². The molecular weight excluding hydrogens is 443 g/mol. The van der Waals surface area contributed by atoms with Crippen LogP contribution in [0.5, 0.6) is 6.01 Å². The predicted molar refractivity (Wildman–Crippen MR) is 104 cm³/mol. The van der Waals surface area contributed by atoms with Gasteiger partial charge >= 0.3 is 18.2 Å². The van der Waals surface area contributed by atoms with Crippen molar-refractivity contribution < 1.29 is 41.0 Å². The van der Waals surface area contributed by atoms with E-state index >= 15 is 0 Å². The van der Waals surface area contributed by atoms with Crippen LogP contribution in [0, 0.1) is 6.92 Å². The SMILES string of the molecule is CCS(=O)(=O)CCN1CC2(CC(Oc3nccc(C)n3)CCO2)C1.O=C(O)C(F)(F)F. The second-order valence-corrected chi connectivity index (χ2v) is 9.97. The van der Waals surface area contributed by atoms with Crippen molar-refractivity contribution in [2.75, 3.05) is 37.7 Å². The number of likely N-dealkylation sites (tertiary alicyclic amines) is 1. The number of carboxylic acids is 1. The topological polar surface area (TPSA) is 119 Å². The zero-order valence-electron chi connectivity index (χ0n) is 17.3. The summed E-state index contributed by atoms with van der Waals surface area (Å²) in [5.41, 5.74) is 0.677. The highest BCUT2D eigenvalue weighted by atomic mass is 32.2. The van der Waals surface area contributed by atoms with Crippen molar-refractivity contribution >= 4 is 15.8 Å². The number of sulfone groups is 1. The van der Waals surface area contributed by atoms with Crippen LogP contribution in [0.4, 0.5) is 13.2 Å². The number of hydrogen-bond donors (Lipinski definition) is 1. The van der Waals surface area contributed by atoms with Crippen LogP contribution < -0.4 is 4.74 Å². The molecule has 1 aromatic heterocycles. The highest BCUT2D eigenvalue weighted by Gasteiger charge is 2.48. The minimum Gasteiger partial charge on any atom is -0.475 e. The molecule has 1 N–H and O–H groups in total. The molecule has 0 bridgehead atoms. The van der Waals surface area contributed by atoms with Gasteiger partial charge in [0.05, 0.1) is 18.0 Å². The zero-order chi connectivity index (χ0) is 23.3. The first-order chi connectivity index (χ1) is 14.3. The minimum atomic E-state index is -5.08. The van der Waals surface area contributed by atoms with Gasteiger partial charge in [0, 0.05) is 50.1 Å². The highest BCUT2D eigenvalue weighted by molar-refractivity contribution is 7.91. The van der Waals surface area contributed by atoms with E-state index in [1.54, 1.807) is 13.1 Å². The minimum absolute atomic E-state index is 0.0436. The number of aliphatic carboxylic acids is 1. The Hall–Kier alpha value is -1.99. The molecule has 176 valence electrons. The molecule has 13 heteroatoms. The Morgan fingerprint density at radius 3 is 2.61 bits per heavy atom. The van der Waals surface area contributed by atoms with Gasteiger partial charge in [-0.2, -0.15) is 13.2 Å². The molecule has 0 aliphatic carbocycles. The Labute approximate surface area is 178 Å². The largest absolute Gasteiger partial charge is 0.490 e. The fraction of sp³-hybridized carbons (Fsp3) is 0.722. The average molecular weight is 469 g/mol. The first kappa shape index (κ1) is 25.3. The quantitative estimate of drug-likeness (QED) is 0.660. The van der Waals surface area contributed by atoms with E-state index < -0.39 is 22.0 Å². The number of nitrogens with zero attached hydrogens (tertiary/aromatic N) is 3. The molecule has 0 radical (unpaired) electrons. The second-order valence-electron chi connectivity index (χ2n) is 7.49. The molecular formula is C18H26F3N3O6S. The molecule has 3 rings (SSSR count). The number of rotatable bonds is 6. The van der Waals surface area contributed by atoms with Crippen molar-refractivity contribution in [2.24, 2.45) is 0 Å². The van der Waals surface area contributed by atoms with E-state index in [0.29, 0.717) is 19.2 Å². The monoisotopic (exact) mass is 469 g/mol. The van der Waals surface area contributed by atoms with Gasteiger partial charge in [-0.05, 0) is 13.0 Å². The summed E-state index contributed by atoms with van der Waals surface area (Å²) in [5, 5.41) is 7.12. The third-order valence-corrected chi connectivity index (χ3v) is 6.60. The fourth-order valence-corrected chi connectivity index (χ4v) is 4.10. The molecule has 2 saturated heterocycles. The van der Waals surface area contributed by atoms with Crippen molar-refractivity contribution in [1.29, 1.82) is 0 Å². The van der Waals surface area contributed by atoms with Crippen molar-refractivity contribution in [2.45, 2.75) is 44.6 Å². The number of ether oxygens (including phenoxy) is 2. The number of aromatic nitrogens is 2. The molecule has 1 atom stereocenters. The molecule has 0 amide bonds. The third kappa shape index (κ3) is 7.89. The van der Waals surface area contributed by atoms with Crippen molar-refractivity contribution in [3.05, 3.63) is 18.0 Å². The smallest absolute Gasteiger partial charge is 0.475 e. The van der Waals surface area contributed by atoms with Crippen LogP contribution in [0.25, 0.3) is 0 Å². The average Bonchev–Trinajstić information content (AvgIpc) is 2.65. The van der Waals surface area contributed by atoms with Crippen LogP contribution in [-0.2, 0) is 19.4 Å². The fourth-order valence-electron chi connectivity index (χ4n) is 3.27. The van der Waals surface area contributed by atoms with E-state index in [-0.39, 0.29) is 23.2 Å². The summed E-state index contributed by atoms with van der Waals surface area (Å²) in [4.78, 5) is 19.5. The van der Waals surface area contributed by atoms with Gasteiger partial charge in [0.2, 0.25) is 0 Å². The molecule has 2 aliphatic rings. The number of carbonyl (C=O) groups is 1. The van der Waals surface area contributed by atoms with E-state index in [9.17, 15) is 21.6 Å². The lowest BCUT2D eigenvalue weighted by Crippen LogP contribution is -2.66. The van der Waals surface area contributed by atoms with Crippen LogP contribution in [0.2, 0.25) is 0 Å². The molecule has 1 spiro atoms.